The van der Waals surface area contributed by atoms with E-state index in [1.807, 2.05) is 0 Å². The smallest absolute Gasteiger partial charge is 0.493 e. The van der Waals surface area contributed by atoms with Crippen molar-refractivity contribution < 1.29 is 21.2 Å². The second-order valence-corrected chi connectivity index (χ2v) is 15.4. The van der Waals surface area contributed by atoms with Gasteiger partial charge >= 0.3 is 16.5 Å². The fourth-order valence-electron chi connectivity index (χ4n) is 7.76. The molecule has 1 aliphatic heterocycles. The first-order valence-corrected chi connectivity index (χ1v) is 23.2. The van der Waals surface area contributed by atoms with Crippen molar-refractivity contribution >= 4 is 11.4 Å². The molecule has 0 radical (unpaired) electrons. The van der Waals surface area contributed by atoms with Crippen molar-refractivity contribution in [2.45, 2.75) is 221 Å². The molecule has 0 N–H and O–H groups in total. The minimum atomic E-state index is 0. The molecular formula is C52H86N2Ni. The number of nitrogens with zero attached hydrogens (tertiary/aromatic N) is 2. The number of benzene rings is 2. The molecule has 3 heteroatoms. The quantitative estimate of drug-likeness (QED) is 0.0326. The SMILES string of the molecule is CCCCCCCCCCCCCCCCCCCCC1=C(c2ccc(CCCC)cc2)[N+](=[N-])C(c2ccc(CCCC)cc2)=C1CCCC.[CH2-]C.[CH2-]C.[Ni+2]. The number of allylic oxidation sites excluding steroid dienone is 2. The van der Waals surface area contributed by atoms with Crippen molar-refractivity contribution in [3.8, 4) is 0 Å². The second-order valence-electron chi connectivity index (χ2n) is 15.4. The zero-order valence-electron chi connectivity index (χ0n) is 37.0. The molecule has 314 valence electrons. The van der Waals surface area contributed by atoms with Crippen LogP contribution in [0.4, 0.5) is 0 Å². The molecule has 2 aromatic rings. The number of aryl methyl sites for hydroxylation is 2. The van der Waals surface area contributed by atoms with E-state index in [2.05, 4.69) is 90.1 Å². The van der Waals surface area contributed by atoms with E-state index in [1.54, 1.807) is 18.5 Å². The number of hydrogen-bond acceptors (Lipinski definition) is 0. The van der Waals surface area contributed by atoms with Crippen LogP contribution in [0, 0.1) is 13.8 Å². The number of hydrogen-bond donors (Lipinski definition) is 0. The van der Waals surface area contributed by atoms with Gasteiger partial charge in [0, 0.05) is 22.3 Å². The summed E-state index contributed by atoms with van der Waals surface area (Å²) >= 11 is 0. The molecule has 55 heavy (non-hydrogen) atoms. The van der Waals surface area contributed by atoms with Crippen LogP contribution >= 0.6 is 0 Å². The van der Waals surface area contributed by atoms with Crippen LogP contribution in [0.25, 0.3) is 16.9 Å². The predicted octanol–water partition coefficient (Wildman–Crippen LogP) is 17.8. The maximum atomic E-state index is 12.0. The first-order chi connectivity index (χ1) is 26.6. The van der Waals surface area contributed by atoms with Gasteiger partial charge in [0.15, 0.2) is 0 Å². The van der Waals surface area contributed by atoms with Crippen LogP contribution in [0.2, 0.25) is 0 Å². The zero-order valence-corrected chi connectivity index (χ0v) is 38.0. The Kier molecular flexibility index (Phi) is 35.0. The van der Waals surface area contributed by atoms with E-state index in [0.29, 0.717) is 0 Å². The van der Waals surface area contributed by atoms with Gasteiger partial charge in [-0.2, -0.15) is 13.8 Å². The van der Waals surface area contributed by atoms with Crippen LogP contribution < -0.4 is 0 Å². The molecule has 0 unspecified atom stereocenters. The monoisotopic (exact) mass is 797 g/mol. The summed E-state index contributed by atoms with van der Waals surface area (Å²) in [5.74, 6) is 0. The van der Waals surface area contributed by atoms with E-state index in [1.165, 1.54) is 164 Å². The minimum absolute atomic E-state index is 0. The maximum absolute atomic E-state index is 12.0. The van der Waals surface area contributed by atoms with Crippen LogP contribution in [0.15, 0.2) is 59.7 Å². The molecule has 0 aromatic heterocycles. The molecule has 0 saturated heterocycles. The molecule has 0 fully saturated rings. The van der Waals surface area contributed by atoms with Crippen LogP contribution in [-0.2, 0) is 29.3 Å². The van der Waals surface area contributed by atoms with Gasteiger partial charge in [-0.05, 0) is 86.8 Å². The molecule has 0 bridgehead atoms. The predicted molar refractivity (Wildman–Crippen MR) is 243 cm³/mol. The summed E-state index contributed by atoms with van der Waals surface area (Å²) in [7, 11) is 0. The zero-order chi connectivity index (χ0) is 39.7. The van der Waals surface area contributed by atoms with Crippen molar-refractivity contribution in [2.24, 2.45) is 0 Å². The van der Waals surface area contributed by atoms with Gasteiger partial charge in [0.05, 0.1) is 0 Å². The van der Waals surface area contributed by atoms with Gasteiger partial charge in [-0.3, -0.25) is 0 Å². The summed E-state index contributed by atoms with van der Waals surface area (Å²) in [6, 6.07) is 18.1. The third kappa shape index (κ3) is 21.4. The average Bonchev–Trinajstić information content (AvgIpc) is 3.49. The molecule has 0 amide bonds. The summed E-state index contributed by atoms with van der Waals surface area (Å²) in [4.78, 5) is 0. The van der Waals surface area contributed by atoms with E-state index in [0.717, 1.165) is 61.0 Å². The van der Waals surface area contributed by atoms with E-state index in [9.17, 15) is 5.53 Å². The second kappa shape index (κ2) is 36.4. The fourth-order valence-corrected chi connectivity index (χ4v) is 7.76. The fraction of sp³-hybridized carbons (Fsp3) is 0.654. The van der Waals surface area contributed by atoms with Crippen LogP contribution in [0.1, 0.15) is 231 Å². The molecule has 0 spiro atoms. The molecular weight excluding hydrogens is 711 g/mol. The number of rotatable bonds is 30. The molecule has 2 nitrogen and oxygen atoms in total. The van der Waals surface area contributed by atoms with E-state index >= 15 is 0 Å². The molecule has 2 aromatic carbocycles. The van der Waals surface area contributed by atoms with E-state index in [-0.39, 0.29) is 16.5 Å². The van der Waals surface area contributed by atoms with Gasteiger partial charge in [0.2, 0.25) is 11.4 Å². The Hall–Kier alpha value is -1.99. The van der Waals surface area contributed by atoms with Gasteiger partial charge in [-0.15, -0.1) is 0 Å². The Morgan fingerprint density at radius 2 is 0.618 bits per heavy atom. The van der Waals surface area contributed by atoms with Gasteiger partial charge in [0.25, 0.3) is 0 Å². The van der Waals surface area contributed by atoms with Gasteiger partial charge in [-0.25, -0.2) is 4.70 Å². The van der Waals surface area contributed by atoms with Gasteiger partial charge < -0.3 is 19.4 Å². The topological polar surface area (TPSA) is 25.3 Å². The third-order valence-electron chi connectivity index (χ3n) is 11.0. The summed E-state index contributed by atoms with van der Waals surface area (Å²) in [5.41, 5.74) is 21.8. The molecule has 0 atom stereocenters. The number of unbranched alkanes of at least 4 members (excludes halogenated alkanes) is 20. The van der Waals surface area contributed by atoms with Crippen molar-refractivity contribution in [3.05, 3.63) is 101 Å². The average molecular weight is 798 g/mol. The Labute approximate surface area is 353 Å². The largest absolute Gasteiger partial charge is 2.00 e. The van der Waals surface area contributed by atoms with Crippen LogP contribution in [0.3, 0.4) is 0 Å². The van der Waals surface area contributed by atoms with E-state index < -0.39 is 0 Å². The van der Waals surface area contributed by atoms with Crippen molar-refractivity contribution in [2.75, 3.05) is 0 Å². The van der Waals surface area contributed by atoms with E-state index in [4.69, 9.17) is 0 Å². The normalized spacial score (nSPS) is 12.3. The molecule has 0 aliphatic carbocycles. The summed E-state index contributed by atoms with van der Waals surface area (Å²) in [6.45, 7) is 19.1. The van der Waals surface area contributed by atoms with Crippen molar-refractivity contribution in [1.82, 2.24) is 0 Å². The molecule has 1 heterocycles. The first-order valence-electron chi connectivity index (χ1n) is 23.2. The Bertz CT molecular complexity index is 1250. The van der Waals surface area contributed by atoms with Gasteiger partial charge in [0.1, 0.15) is 0 Å². The maximum Gasteiger partial charge on any atom is 2.00 e. The molecule has 3 rings (SSSR count). The standard InChI is InChI=1S/C48H76N2.2C2H5.Ni/c1-5-9-13-14-15-16-17-18-19-20-21-22-23-24-25-26-27-28-32-46-45(31-12-8-4)47(43-37-33-41(34-38-43)29-10-6-2)50(49)48(46)44-39-35-42(36-40-44)30-11-7-3;2*1-2;/h33-40H,5-32H2,1-4H3;2*1H2,2H3;/q;2*-1;+2. The summed E-state index contributed by atoms with van der Waals surface area (Å²) in [5, 5.41) is 0. The Morgan fingerprint density at radius 3 is 0.927 bits per heavy atom. The van der Waals surface area contributed by atoms with Crippen molar-refractivity contribution in [3.63, 3.8) is 0 Å². The molecule has 1 aliphatic rings. The Morgan fingerprint density at radius 1 is 0.364 bits per heavy atom. The third-order valence-corrected chi connectivity index (χ3v) is 11.0. The summed E-state index contributed by atoms with van der Waals surface area (Å²) < 4.78 is 1.57. The van der Waals surface area contributed by atoms with Crippen molar-refractivity contribution in [1.29, 1.82) is 0 Å². The first kappa shape index (κ1) is 53.0. The molecule has 0 saturated carbocycles. The Balaban J connectivity index is 0.00000564. The van der Waals surface area contributed by atoms with Gasteiger partial charge in [-0.1, -0.05) is 180 Å². The minimum Gasteiger partial charge on any atom is -0.493 e. The van der Waals surface area contributed by atoms with Crippen LogP contribution in [-0.4, -0.2) is 4.70 Å². The summed E-state index contributed by atoms with van der Waals surface area (Å²) in [6.07, 6.45) is 36.7. The van der Waals surface area contributed by atoms with Crippen LogP contribution in [0.5, 0.6) is 0 Å².